The lowest BCUT2D eigenvalue weighted by Gasteiger charge is -2.71. The molecule has 6 rings (SSSR count). The summed E-state index contributed by atoms with van der Waals surface area (Å²) in [7, 11) is 0. The molecular formula is C26H26BrFN4O5S. The van der Waals surface area contributed by atoms with Gasteiger partial charge in [-0.15, -0.1) is 11.3 Å². The van der Waals surface area contributed by atoms with Crippen LogP contribution in [0, 0.1) is 17.2 Å². The molecule has 1 spiro atoms. The van der Waals surface area contributed by atoms with Crippen molar-refractivity contribution in [2.45, 2.75) is 37.9 Å². The van der Waals surface area contributed by atoms with E-state index in [9.17, 15) is 19.1 Å². The van der Waals surface area contributed by atoms with Gasteiger partial charge in [0.1, 0.15) is 11.9 Å². The molecule has 1 aromatic heterocycles. The zero-order valence-electron chi connectivity index (χ0n) is 20.5. The zero-order valence-corrected chi connectivity index (χ0v) is 22.9. The number of nitrogens with zero attached hydrogens (tertiary/aromatic N) is 3. The minimum atomic E-state index is -0.787. The number of piperidine rings is 1. The number of carboxylic acid groups (broad SMARTS) is 1. The van der Waals surface area contributed by atoms with Crippen LogP contribution in [0.2, 0.25) is 0 Å². The average Bonchev–Trinajstić information content (AvgIpc) is 3.55. The average molecular weight is 605 g/mol. The molecular weight excluding hydrogens is 579 g/mol. The Balaban J connectivity index is 1.39. The first-order valence-electron chi connectivity index (χ1n) is 12.5. The molecule has 1 saturated carbocycles. The van der Waals surface area contributed by atoms with Gasteiger partial charge < -0.3 is 19.9 Å². The van der Waals surface area contributed by atoms with Gasteiger partial charge in [0.2, 0.25) is 0 Å². The normalized spacial score (nSPS) is 29.9. The molecule has 2 N–H and O–H groups in total. The van der Waals surface area contributed by atoms with Gasteiger partial charge in [0.05, 0.1) is 25.4 Å². The third-order valence-electron chi connectivity index (χ3n) is 8.21. The Morgan fingerprint density at radius 1 is 1.39 bits per heavy atom. The van der Waals surface area contributed by atoms with E-state index in [4.69, 9.17) is 14.5 Å². The molecule has 4 heterocycles. The number of esters is 1. The van der Waals surface area contributed by atoms with E-state index in [0.29, 0.717) is 51.9 Å². The number of carboxylic acids is 1. The first kappa shape index (κ1) is 25.6. The second kappa shape index (κ2) is 9.82. The maximum absolute atomic E-state index is 14.0. The lowest BCUT2D eigenvalue weighted by Crippen LogP contribution is -2.80. The number of likely N-dealkylation sites (tertiary alicyclic amines) is 1. The smallest absolute Gasteiger partial charge is 0.338 e. The van der Waals surface area contributed by atoms with Gasteiger partial charge >= 0.3 is 11.9 Å². The van der Waals surface area contributed by atoms with Gasteiger partial charge in [-0.05, 0) is 37.0 Å². The van der Waals surface area contributed by atoms with Crippen LogP contribution in [0.1, 0.15) is 36.4 Å². The molecule has 3 fully saturated rings. The summed E-state index contributed by atoms with van der Waals surface area (Å²) in [5.74, 6) is -1.08. The van der Waals surface area contributed by atoms with E-state index in [-0.39, 0.29) is 36.4 Å². The first-order valence-corrected chi connectivity index (χ1v) is 14.2. The summed E-state index contributed by atoms with van der Waals surface area (Å²) in [6.07, 6.45) is 2.60. The molecule has 5 atom stereocenters. The summed E-state index contributed by atoms with van der Waals surface area (Å²) >= 11 is 4.88. The molecule has 0 radical (unpaired) electrons. The van der Waals surface area contributed by atoms with Crippen LogP contribution in [-0.4, -0.2) is 71.2 Å². The number of carbonyl (C=O) groups excluding carboxylic acids is 1. The minimum absolute atomic E-state index is 0.0709. The Morgan fingerprint density at radius 2 is 2.24 bits per heavy atom. The van der Waals surface area contributed by atoms with E-state index in [0.717, 1.165) is 6.42 Å². The number of halogens is 2. The summed E-state index contributed by atoms with van der Waals surface area (Å²) < 4.78 is 25.8. The monoisotopic (exact) mass is 604 g/mol. The predicted octanol–water partition coefficient (Wildman–Crippen LogP) is 3.52. The van der Waals surface area contributed by atoms with Gasteiger partial charge in [-0.1, -0.05) is 22.0 Å². The third-order valence-corrected chi connectivity index (χ3v) is 9.68. The van der Waals surface area contributed by atoms with Gasteiger partial charge in [0.25, 0.3) is 0 Å². The van der Waals surface area contributed by atoms with Crippen LogP contribution in [0.3, 0.4) is 0 Å². The number of nitrogens with one attached hydrogen (secondary N) is 1. The van der Waals surface area contributed by atoms with Crippen molar-refractivity contribution in [1.29, 1.82) is 0 Å². The van der Waals surface area contributed by atoms with Gasteiger partial charge in [-0.2, -0.15) is 0 Å². The van der Waals surface area contributed by atoms with Crippen LogP contribution in [0.4, 0.5) is 4.39 Å². The van der Waals surface area contributed by atoms with Gasteiger partial charge in [0.15, 0.2) is 10.8 Å². The van der Waals surface area contributed by atoms with Crippen LogP contribution in [0.5, 0.6) is 0 Å². The summed E-state index contributed by atoms with van der Waals surface area (Å²) in [6.45, 7) is 3.44. The molecule has 2 aromatic rings. The Labute approximate surface area is 230 Å². The number of benzene rings is 1. The number of aliphatic carboxylic acids is 1. The molecule has 2 saturated heterocycles. The van der Waals surface area contributed by atoms with Crippen molar-refractivity contribution in [3.8, 4) is 0 Å². The Kier molecular flexibility index (Phi) is 6.61. The largest absolute Gasteiger partial charge is 0.481 e. The highest BCUT2D eigenvalue weighted by Crippen LogP contribution is 2.65. The summed E-state index contributed by atoms with van der Waals surface area (Å²) in [5, 5.41) is 15.3. The predicted molar refractivity (Wildman–Crippen MR) is 140 cm³/mol. The standard InChI is InChI=1S/C26H26BrFN4O5S/c1-2-37-25(35)21-17(10-32-18-7-13(8-20(33)34)26(18)12-36-11-19(26)32)30-23(24-29-5-6-38-24)31-22(21)15-4-3-14(28)9-16(15)27/h3-6,9,13,18-19,22H,2,7-8,10-12H2,1H3,(H,30,31)(H,33,34)/t13-,18-,19-,22+,26?/m1/s1. The topological polar surface area (TPSA) is 113 Å². The molecule has 200 valence electrons. The van der Waals surface area contributed by atoms with Crippen LogP contribution in [0.15, 0.2) is 50.5 Å². The molecule has 4 aliphatic rings. The molecule has 1 aromatic carbocycles. The van der Waals surface area contributed by atoms with E-state index in [1.54, 1.807) is 19.2 Å². The fraction of sp³-hybridized carbons (Fsp3) is 0.462. The molecule has 9 nitrogen and oxygen atoms in total. The van der Waals surface area contributed by atoms with Crippen molar-refractivity contribution in [3.63, 3.8) is 0 Å². The number of amidine groups is 1. The molecule has 0 bridgehead atoms. The van der Waals surface area contributed by atoms with E-state index in [1.165, 1.54) is 23.5 Å². The fourth-order valence-electron chi connectivity index (χ4n) is 6.56. The maximum atomic E-state index is 14.0. The van der Waals surface area contributed by atoms with Crippen molar-refractivity contribution in [3.05, 3.63) is 61.9 Å². The highest BCUT2D eigenvalue weighted by atomic mass is 79.9. The summed E-state index contributed by atoms with van der Waals surface area (Å²) in [6, 6.07) is 3.83. The van der Waals surface area contributed by atoms with E-state index >= 15 is 0 Å². The van der Waals surface area contributed by atoms with E-state index < -0.39 is 23.8 Å². The van der Waals surface area contributed by atoms with Crippen molar-refractivity contribution in [2.75, 3.05) is 26.4 Å². The highest BCUT2D eigenvalue weighted by Gasteiger charge is 2.73. The second-order valence-electron chi connectivity index (χ2n) is 9.98. The van der Waals surface area contributed by atoms with Crippen molar-refractivity contribution in [2.24, 2.45) is 16.3 Å². The maximum Gasteiger partial charge on any atom is 0.338 e. The number of rotatable bonds is 8. The Bertz CT molecular complexity index is 1350. The molecule has 12 heteroatoms. The molecule has 1 unspecified atom stereocenters. The lowest BCUT2D eigenvalue weighted by atomic mass is 9.46. The Hall–Kier alpha value is -2.67. The van der Waals surface area contributed by atoms with Crippen molar-refractivity contribution in [1.82, 2.24) is 15.2 Å². The first-order chi connectivity index (χ1) is 18.3. The van der Waals surface area contributed by atoms with Gasteiger partial charge in [0, 0.05) is 52.2 Å². The molecule has 3 aliphatic heterocycles. The number of aliphatic imine (C=N–C) groups is 1. The van der Waals surface area contributed by atoms with Crippen LogP contribution in [-0.2, 0) is 19.1 Å². The minimum Gasteiger partial charge on any atom is -0.481 e. The lowest BCUT2D eigenvalue weighted by molar-refractivity contribution is -0.222. The Morgan fingerprint density at radius 3 is 2.95 bits per heavy atom. The number of ether oxygens (including phenoxy) is 2. The highest BCUT2D eigenvalue weighted by molar-refractivity contribution is 9.10. The van der Waals surface area contributed by atoms with Crippen LogP contribution >= 0.6 is 27.3 Å². The van der Waals surface area contributed by atoms with Gasteiger partial charge in [-0.25, -0.2) is 14.2 Å². The van der Waals surface area contributed by atoms with E-state index in [2.05, 4.69) is 31.1 Å². The number of carbonyl (C=O) groups is 2. The number of hydrogen-bond donors (Lipinski definition) is 2. The third kappa shape index (κ3) is 4.00. The molecule has 38 heavy (non-hydrogen) atoms. The number of aromatic nitrogens is 1. The van der Waals surface area contributed by atoms with Crippen molar-refractivity contribution < 1.29 is 28.6 Å². The quantitative estimate of drug-likeness (QED) is 0.440. The van der Waals surface area contributed by atoms with E-state index in [1.807, 2.05) is 5.38 Å². The van der Waals surface area contributed by atoms with Gasteiger partial charge in [-0.3, -0.25) is 14.7 Å². The number of hydrogen-bond acceptors (Lipinski definition) is 9. The summed E-state index contributed by atoms with van der Waals surface area (Å²) in [4.78, 5) is 36.4. The SMILES string of the molecule is CCOC(=O)C1=C(CN2[C@@H]3COCC34[C@@H](CC(=O)O)C[C@@H]24)NC(c2nccs2)=N[C@H]1c1ccc(F)cc1Br. The van der Waals surface area contributed by atoms with Crippen LogP contribution < -0.4 is 5.32 Å². The summed E-state index contributed by atoms with van der Waals surface area (Å²) in [5.41, 5.74) is 1.49. The fourth-order valence-corrected chi connectivity index (χ4v) is 7.72. The van der Waals surface area contributed by atoms with Crippen molar-refractivity contribution >= 4 is 45.0 Å². The van der Waals surface area contributed by atoms with Crippen LogP contribution in [0.25, 0.3) is 0 Å². The second-order valence-corrected chi connectivity index (χ2v) is 11.7. The zero-order chi connectivity index (χ0) is 26.6. The number of thiazole rings is 1. The molecule has 0 amide bonds. The molecule has 1 aliphatic carbocycles.